The van der Waals surface area contributed by atoms with Crippen molar-refractivity contribution in [1.29, 1.82) is 0 Å². The van der Waals surface area contributed by atoms with E-state index in [9.17, 15) is 14.3 Å². The van der Waals surface area contributed by atoms with Crippen molar-refractivity contribution in [2.45, 2.75) is 43.6 Å². The summed E-state index contributed by atoms with van der Waals surface area (Å²) < 4.78 is 20.0. The predicted molar refractivity (Wildman–Crippen MR) is 100 cm³/mol. The van der Waals surface area contributed by atoms with Gasteiger partial charge in [-0.2, -0.15) is 0 Å². The van der Waals surface area contributed by atoms with Crippen molar-refractivity contribution in [3.05, 3.63) is 54.0 Å². The van der Waals surface area contributed by atoms with Crippen LogP contribution >= 0.6 is 0 Å². The van der Waals surface area contributed by atoms with Gasteiger partial charge >= 0.3 is 0 Å². The molecule has 3 aliphatic rings. The van der Waals surface area contributed by atoms with E-state index in [1.165, 1.54) is 6.07 Å². The largest absolute Gasteiger partial charge is 0.504 e. The minimum Gasteiger partial charge on any atom is -0.504 e. The van der Waals surface area contributed by atoms with E-state index in [2.05, 4.69) is 17.1 Å². The molecule has 5 rings (SSSR count). The molecule has 1 aromatic heterocycles. The molecule has 2 atom stereocenters. The van der Waals surface area contributed by atoms with Crippen molar-refractivity contribution in [3.8, 4) is 5.75 Å². The van der Waals surface area contributed by atoms with Crippen LogP contribution in [0.3, 0.4) is 0 Å². The molecule has 3 saturated heterocycles. The number of aromatic hydroxyl groups is 1. The lowest BCUT2D eigenvalue weighted by molar-refractivity contribution is -0.140. The number of aromatic nitrogens is 1. The first-order chi connectivity index (χ1) is 13.6. The summed E-state index contributed by atoms with van der Waals surface area (Å²) in [6.07, 6.45) is 3.82. The number of pyridine rings is 1. The minimum atomic E-state index is -0.788. The minimum absolute atomic E-state index is 0.0731. The quantitative estimate of drug-likeness (QED) is 0.864. The van der Waals surface area contributed by atoms with Crippen LogP contribution in [0.25, 0.3) is 0 Å². The third kappa shape index (κ3) is 2.64. The summed E-state index contributed by atoms with van der Waals surface area (Å²) in [7, 11) is 0. The number of nitrogens with zero attached hydrogens (tertiary/aromatic N) is 3. The average molecular weight is 383 g/mol. The lowest BCUT2D eigenvalue weighted by Gasteiger charge is -2.38. The first kappa shape index (κ1) is 17.4. The Morgan fingerprint density at radius 3 is 2.64 bits per heavy atom. The fourth-order valence-electron chi connectivity index (χ4n) is 4.73. The highest BCUT2D eigenvalue weighted by molar-refractivity contribution is 5.88. The Balaban J connectivity index is 1.33. The molecule has 4 heterocycles. The van der Waals surface area contributed by atoms with E-state index in [0.29, 0.717) is 31.7 Å². The van der Waals surface area contributed by atoms with Crippen molar-refractivity contribution < 1.29 is 19.0 Å². The third-order valence-electron chi connectivity index (χ3n) is 6.22. The first-order valence-corrected chi connectivity index (χ1v) is 9.72. The van der Waals surface area contributed by atoms with Gasteiger partial charge in [-0.1, -0.05) is 30.3 Å². The summed E-state index contributed by atoms with van der Waals surface area (Å²) in [5.74, 6) is -0.601. The van der Waals surface area contributed by atoms with Gasteiger partial charge in [0, 0.05) is 32.0 Å². The molecule has 7 heteroatoms. The second-order valence-corrected chi connectivity index (χ2v) is 7.76. The normalized spacial score (nSPS) is 26.1. The summed E-state index contributed by atoms with van der Waals surface area (Å²) in [6.45, 7) is 1.11. The van der Waals surface area contributed by atoms with Crippen molar-refractivity contribution in [2.75, 3.05) is 18.0 Å². The van der Waals surface area contributed by atoms with E-state index in [-0.39, 0.29) is 18.2 Å². The van der Waals surface area contributed by atoms with Gasteiger partial charge in [0.15, 0.2) is 17.2 Å². The number of fused-ring (bicyclic) bond motifs is 1. The van der Waals surface area contributed by atoms with Gasteiger partial charge in [-0.05, 0) is 18.4 Å². The second-order valence-electron chi connectivity index (χ2n) is 7.76. The molecular formula is C21H22FN3O3. The number of rotatable bonds is 2. The number of carbonyl (C=O) groups is 1. The maximum absolute atomic E-state index is 13.6. The molecule has 0 radical (unpaired) electrons. The Hall–Kier alpha value is -2.67. The van der Waals surface area contributed by atoms with E-state index in [1.807, 2.05) is 28.0 Å². The Morgan fingerprint density at radius 1 is 1.18 bits per heavy atom. The summed E-state index contributed by atoms with van der Waals surface area (Å²) in [4.78, 5) is 21.3. The van der Waals surface area contributed by atoms with Crippen molar-refractivity contribution in [3.63, 3.8) is 0 Å². The monoisotopic (exact) mass is 383 g/mol. The number of amides is 1. The second kappa shape index (κ2) is 6.44. The van der Waals surface area contributed by atoms with Crippen LogP contribution in [0.15, 0.2) is 42.6 Å². The number of hydrogen-bond acceptors (Lipinski definition) is 5. The molecule has 0 aliphatic carbocycles. The molecule has 1 N–H and O–H groups in total. The number of carbonyl (C=O) groups excluding carboxylic acids is 1. The molecule has 1 amide bonds. The van der Waals surface area contributed by atoms with E-state index >= 15 is 0 Å². The molecule has 146 valence electrons. The van der Waals surface area contributed by atoms with Crippen molar-refractivity contribution in [1.82, 2.24) is 9.88 Å². The SMILES string of the molecule is O=C1N2C(CCC2c2ccccc2)OC12CCN(c1cc(F)c(O)cn1)CC2. The highest BCUT2D eigenvalue weighted by Crippen LogP contribution is 2.47. The summed E-state index contributed by atoms with van der Waals surface area (Å²) in [5, 5.41) is 9.33. The van der Waals surface area contributed by atoms with E-state index in [1.54, 1.807) is 0 Å². The Bertz CT molecular complexity index is 899. The average Bonchev–Trinajstić information content (AvgIpc) is 3.24. The number of piperidine rings is 1. The molecule has 1 spiro atoms. The maximum atomic E-state index is 13.6. The maximum Gasteiger partial charge on any atom is 0.257 e. The van der Waals surface area contributed by atoms with Crippen molar-refractivity contribution in [2.24, 2.45) is 0 Å². The van der Waals surface area contributed by atoms with Crippen LogP contribution in [0.5, 0.6) is 5.75 Å². The lowest BCUT2D eigenvalue weighted by Crippen LogP contribution is -2.50. The summed E-state index contributed by atoms with van der Waals surface area (Å²) in [6, 6.07) is 11.4. The Labute approximate surface area is 162 Å². The molecule has 3 aliphatic heterocycles. The molecule has 0 bridgehead atoms. The molecule has 3 fully saturated rings. The first-order valence-electron chi connectivity index (χ1n) is 9.72. The predicted octanol–water partition coefficient (Wildman–Crippen LogP) is 2.99. The fourth-order valence-corrected chi connectivity index (χ4v) is 4.73. The highest BCUT2D eigenvalue weighted by Gasteiger charge is 2.57. The van der Waals surface area contributed by atoms with Gasteiger partial charge in [-0.25, -0.2) is 9.37 Å². The van der Waals surface area contributed by atoms with Gasteiger partial charge in [0.25, 0.3) is 5.91 Å². The molecular weight excluding hydrogens is 361 g/mol. The molecule has 2 aromatic rings. The lowest BCUT2D eigenvalue weighted by atomic mass is 9.89. The summed E-state index contributed by atoms with van der Waals surface area (Å²) in [5.41, 5.74) is 0.365. The van der Waals surface area contributed by atoms with Gasteiger partial charge in [0.05, 0.1) is 12.2 Å². The van der Waals surface area contributed by atoms with E-state index < -0.39 is 17.2 Å². The number of ether oxygens (including phenoxy) is 1. The van der Waals surface area contributed by atoms with Gasteiger partial charge in [-0.3, -0.25) is 4.79 Å². The Morgan fingerprint density at radius 2 is 1.93 bits per heavy atom. The van der Waals surface area contributed by atoms with E-state index in [0.717, 1.165) is 24.6 Å². The van der Waals surface area contributed by atoms with Crippen molar-refractivity contribution >= 4 is 11.7 Å². The molecule has 2 unspecified atom stereocenters. The van der Waals surface area contributed by atoms with Crippen LogP contribution in [-0.4, -0.2) is 45.8 Å². The molecule has 0 saturated carbocycles. The Kier molecular flexibility index (Phi) is 4.01. The standard InChI is InChI=1S/C21H22FN3O3/c22-15-12-18(23-13-17(15)26)24-10-8-21(9-11-24)20(27)25-16(6-7-19(25)28-21)14-4-2-1-3-5-14/h1-5,12-13,16,19,26H,6-11H2. The van der Waals surface area contributed by atoms with Crippen LogP contribution in [-0.2, 0) is 9.53 Å². The molecule has 28 heavy (non-hydrogen) atoms. The number of benzene rings is 1. The van der Waals surface area contributed by atoms with Gasteiger partial charge in [0.1, 0.15) is 12.0 Å². The van der Waals surface area contributed by atoms with Crippen LogP contribution in [0.2, 0.25) is 0 Å². The van der Waals surface area contributed by atoms with Crippen LogP contribution in [0.4, 0.5) is 10.2 Å². The number of hydrogen-bond donors (Lipinski definition) is 1. The van der Waals surface area contributed by atoms with E-state index in [4.69, 9.17) is 4.74 Å². The topological polar surface area (TPSA) is 65.9 Å². The third-order valence-corrected chi connectivity index (χ3v) is 6.22. The van der Waals surface area contributed by atoms with Gasteiger partial charge < -0.3 is 19.6 Å². The molecule has 6 nitrogen and oxygen atoms in total. The highest BCUT2D eigenvalue weighted by atomic mass is 19.1. The zero-order chi connectivity index (χ0) is 19.3. The van der Waals surface area contributed by atoms with Gasteiger partial charge in [0.2, 0.25) is 0 Å². The van der Waals surface area contributed by atoms with Gasteiger partial charge in [-0.15, -0.1) is 0 Å². The number of anilines is 1. The molecule has 1 aromatic carbocycles. The van der Waals surface area contributed by atoms with Crippen LogP contribution in [0, 0.1) is 5.82 Å². The zero-order valence-electron chi connectivity index (χ0n) is 15.4. The number of halogens is 1. The van der Waals surface area contributed by atoms with Crippen LogP contribution in [0.1, 0.15) is 37.3 Å². The smallest absolute Gasteiger partial charge is 0.257 e. The van der Waals surface area contributed by atoms with Crippen LogP contribution < -0.4 is 4.90 Å². The summed E-state index contributed by atoms with van der Waals surface area (Å²) >= 11 is 0. The fraction of sp³-hybridized carbons (Fsp3) is 0.429. The zero-order valence-corrected chi connectivity index (χ0v) is 15.4.